The highest BCUT2D eigenvalue weighted by Crippen LogP contribution is 2.38. The molecule has 1 aliphatic heterocycles. The quantitative estimate of drug-likeness (QED) is 0.784. The second-order valence-corrected chi connectivity index (χ2v) is 7.40. The lowest BCUT2D eigenvalue weighted by Gasteiger charge is -2.36. The normalized spacial score (nSPS) is 26.0. The fourth-order valence-electron chi connectivity index (χ4n) is 3.58. The van der Waals surface area contributed by atoms with E-state index in [2.05, 4.69) is 10.6 Å². The molecule has 0 bridgehead atoms. The molecule has 0 unspecified atom stereocenters. The van der Waals surface area contributed by atoms with Crippen molar-refractivity contribution in [2.75, 3.05) is 11.9 Å². The molecule has 134 valence electrons. The molecule has 1 heterocycles. The molecule has 1 saturated carbocycles. The highest BCUT2D eigenvalue weighted by molar-refractivity contribution is 6.39. The molecule has 1 saturated heterocycles. The number of nitrogens with one attached hydrogen (secondary N) is 2. The summed E-state index contributed by atoms with van der Waals surface area (Å²) in [4.78, 5) is 38.4. The number of nitrogens with zero attached hydrogens (tertiary/aromatic N) is 1. The third kappa shape index (κ3) is 3.20. The number of urea groups is 1. The molecular weight excluding hydrogens is 365 g/mol. The van der Waals surface area contributed by atoms with Gasteiger partial charge in [0.25, 0.3) is 5.91 Å². The lowest BCUT2D eigenvalue weighted by Crippen LogP contribution is -2.54. The Morgan fingerprint density at radius 3 is 2.64 bits per heavy atom. The number of anilines is 1. The van der Waals surface area contributed by atoms with Crippen LogP contribution >= 0.6 is 23.2 Å². The van der Waals surface area contributed by atoms with E-state index in [9.17, 15) is 14.4 Å². The summed E-state index contributed by atoms with van der Waals surface area (Å²) in [5.41, 5.74) is -0.610. The predicted molar refractivity (Wildman–Crippen MR) is 95.7 cm³/mol. The minimum atomic E-state index is -0.877. The molecule has 4 amide bonds. The number of imide groups is 1. The number of amides is 4. The number of benzene rings is 1. The van der Waals surface area contributed by atoms with Crippen LogP contribution in [0.25, 0.3) is 0 Å². The number of halogens is 2. The SMILES string of the molecule is C[C@@H]1CCCC[C@@]12NC(=O)N(CC(=O)Nc1c(Cl)cccc1Cl)C2=O. The minimum absolute atomic E-state index is 0.0452. The largest absolute Gasteiger partial charge is 0.325 e. The highest BCUT2D eigenvalue weighted by atomic mass is 35.5. The summed E-state index contributed by atoms with van der Waals surface area (Å²) >= 11 is 12.0. The number of hydrogen-bond donors (Lipinski definition) is 2. The zero-order valence-electron chi connectivity index (χ0n) is 13.8. The van der Waals surface area contributed by atoms with Crippen molar-refractivity contribution in [1.29, 1.82) is 0 Å². The van der Waals surface area contributed by atoms with Gasteiger partial charge >= 0.3 is 6.03 Å². The van der Waals surface area contributed by atoms with Crippen LogP contribution in [-0.4, -0.2) is 34.8 Å². The van der Waals surface area contributed by atoms with Crippen LogP contribution in [0, 0.1) is 5.92 Å². The van der Waals surface area contributed by atoms with Crippen molar-refractivity contribution in [2.45, 2.75) is 38.1 Å². The molecule has 2 atom stereocenters. The molecule has 1 aliphatic carbocycles. The maximum Gasteiger partial charge on any atom is 0.325 e. The minimum Gasteiger partial charge on any atom is -0.323 e. The van der Waals surface area contributed by atoms with E-state index in [1.807, 2.05) is 6.92 Å². The monoisotopic (exact) mass is 383 g/mol. The van der Waals surface area contributed by atoms with Gasteiger partial charge in [-0.2, -0.15) is 0 Å². The lowest BCUT2D eigenvalue weighted by molar-refractivity contribution is -0.136. The van der Waals surface area contributed by atoms with Crippen LogP contribution in [0.3, 0.4) is 0 Å². The van der Waals surface area contributed by atoms with Gasteiger partial charge in [-0.15, -0.1) is 0 Å². The summed E-state index contributed by atoms with van der Waals surface area (Å²) in [7, 11) is 0. The maximum atomic E-state index is 12.8. The van der Waals surface area contributed by atoms with Crippen molar-refractivity contribution < 1.29 is 14.4 Å². The van der Waals surface area contributed by atoms with Crippen LogP contribution < -0.4 is 10.6 Å². The van der Waals surface area contributed by atoms with E-state index in [0.717, 1.165) is 24.2 Å². The number of carbonyl (C=O) groups excluding carboxylic acids is 3. The van der Waals surface area contributed by atoms with Crippen LogP contribution in [0.5, 0.6) is 0 Å². The highest BCUT2D eigenvalue weighted by Gasteiger charge is 2.55. The maximum absolute atomic E-state index is 12.8. The molecule has 2 fully saturated rings. The van der Waals surface area contributed by atoms with Gasteiger partial charge in [0.2, 0.25) is 5.91 Å². The molecule has 0 aromatic heterocycles. The number of hydrogen-bond acceptors (Lipinski definition) is 3. The first kappa shape index (κ1) is 18.0. The molecule has 0 radical (unpaired) electrons. The molecule has 3 rings (SSSR count). The van der Waals surface area contributed by atoms with Crippen molar-refractivity contribution in [1.82, 2.24) is 10.2 Å². The zero-order chi connectivity index (χ0) is 18.2. The first-order chi connectivity index (χ1) is 11.8. The van der Waals surface area contributed by atoms with Gasteiger partial charge in [0.05, 0.1) is 15.7 Å². The predicted octanol–water partition coefficient (Wildman–Crippen LogP) is 3.43. The first-order valence-corrected chi connectivity index (χ1v) is 8.99. The van der Waals surface area contributed by atoms with Crippen LogP contribution in [0.15, 0.2) is 18.2 Å². The van der Waals surface area contributed by atoms with E-state index < -0.39 is 17.5 Å². The van der Waals surface area contributed by atoms with E-state index in [1.165, 1.54) is 0 Å². The van der Waals surface area contributed by atoms with E-state index in [-0.39, 0.29) is 34.1 Å². The van der Waals surface area contributed by atoms with Crippen LogP contribution in [-0.2, 0) is 9.59 Å². The van der Waals surface area contributed by atoms with Gasteiger partial charge in [-0.3, -0.25) is 14.5 Å². The summed E-state index contributed by atoms with van der Waals surface area (Å²) in [6.07, 6.45) is 3.40. The molecular formula is C17H19Cl2N3O3. The fourth-order valence-corrected chi connectivity index (χ4v) is 4.07. The Labute approximate surface area is 155 Å². The van der Waals surface area contributed by atoms with Crippen molar-refractivity contribution in [3.05, 3.63) is 28.2 Å². The smallest absolute Gasteiger partial charge is 0.323 e. The van der Waals surface area contributed by atoms with Gasteiger partial charge < -0.3 is 10.6 Å². The van der Waals surface area contributed by atoms with Crippen LogP contribution in [0.4, 0.5) is 10.5 Å². The second-order valence-electron chi connectivity index (χ2n) is 6.58. The first-order valence-electron chi connectivity index (χ1n) is 8.23. The third-order valence-electron chi connectivity index (χ3n) is 5.03. The molecule has 8 heteroatoms. The van der Waals surface area contributed by atoms with E-state index >= 15 is 0 Å². The fraction of sp³-hybridized carbons (Fsp3) is 0.471. The summed E-state index contributed by atoms with van der Waals surface area (Å²) in [5, 5.41) is 5.96. The molecule has 6 nitrogen and oxygen atoms in total. The van der Waals surface area contributed by atoms with Crippen molar-refractivity contribution in [3.8, 4) is 0 Å². The van der Waals surface area contributed by atoms with Crippen LogP contribution in [0.2, 0.25) is 10.0 Å². The van der Waals surface area contributed by atoms with Crippen molar-refractivity contribution >= 4 is 46.7 Å². The third-order valence-corrected chi connectivity index (χ3v) is 5.66. The number of para-hydroxylation sites is 1. The Morgan fingerprint density at radius 1 is 1.32 bits per heavy atom. The van der Waals surface area contributed by atoms with E-state index in [0.29, 0.717) is 6.42 Å². The standard InChI is InChI=1S/C17H19Cl2N3O3/c1-10-5-2-3-8-17(10)15(24)22(16(25)21-17)9-13(23)20-14-11(18)6-4-7-12(14)19/h4,6-7,10H,2-3,5,8-9H2,1H3,(H,20,23)(H,21,25)/t10-,17-/m1/s1. The second kappa shape index (κ2) is 6.84. The van der Waals surface area contributed by atoms with E-state index in [1.54, 1.807) is 18.2 Å². The zero-order valence-corrected chi connectivity index (χ0v) is 15.3. The Balaban J connectivity index is 1.73. The van der Waals surface area contributed by atoms with Gasteiger partial charge in [0.1, 0.15) is 12.1 Å². The Bertz CT molecular complexity index is 720. The van der Waals surface area contributed by atoms with Gasteiger partial charge in [0, 0.05) is 0 Å². The Morgan fingerprint density at radius 2 is 2.00 bits per heavy atom. The van der Waals surface area contributed by atoms with Crippen molar-refractivity contribution in [3.63, 3.8) is 0 Å². The molecule has 1 aromatic carbocycles. The molecule has 2 N–H and O–H groups in total. The summed E-state index contributed by atoms with van der Waals surface area (Å²) in [6, 6.07) is 4.32. The average Bonchev–Trinajstić information content (AvgIpc) is 2.79. The van der Waals surface area contributed by atoms with Crippen LogP contribution in [0.1, 0.15) is 32.6 Å². The summed E-state index contributed by atoms with van der Waals surface area (Å²) in [6.45, 7) is 1.59. The van der Waals surface area contributed by atoms with Gasteiger partial charge in [-0.1, -0.05) is 49.0 Å². The topological polar surface area (TPSA) is 78.5 Å². The molecule has 1 aromatic rings. The lowest BCUT2D eigenvalue weighted by atomic mass is 9.73. The Hall–Kier alpha value is -1.79. The molecule has 2 aliphatic rings. The molecule has 25 heavy (non-hydrogen) atoms. The average molecular weight is 384 g/mol. The number of rotatable bonds is 3. The Kier molecular flexibility index (Phi) is 4.93. The van der Waals surface area contributed by atoms with Gasteiger partial charge in [-0.05, 0) is 30.9 Å². The van der Waals surface area contributed by atoms with Gasteiger partial charge in [0.15, 0.2) is 0 Å². The number of carbonyl (C=O) groups is 3. The van der Waals surface area contributed by atoms with Gasteiger partial charge in [-0.25, -0.2) is 4.79 Å². The molecule has 1 spiro atoms. The summed E-state index contributed by atoms with van der Waals surface area (Å²) in [5.74, 6) is -0.812. The summed E-state index contributed by atoms with van der Waals surface area (Å²) < 4.78 is 0. The van der Waals surface area contributed by atoms with E-state index in [4.69, 9.17) is 23.2 Å². The van der Waals surface area contributed by atoms with Crippen molar-refractivity contribution in [2.24, 2.45) is 5.92 Å².